The molecule has 1 aliphatic rings. The highest BCUT2D eigenvalue weighted by atomic mass is 16.4. The third kappa shape index (κ3) is 1.79. The van der Waals surface area contributed by atoms with Crippen LogP contribution in [0.5, 0.6) is 0 Å². The van der Waals surface area contributed by atoms with E-state index in [4.69, 9.17) is 5.11 Å². The third-order valence-corrected chi connectivity index (χ3v) is 3.18. The molecular weight excluding hydrogens is 166 g/mol. The number of hydrogen-bond donors (Lipinski definition) is 2. The highest BCUT2D eigenvalue weighted by molar-refractivity contribution is 5.66. The van der Waals surface area contributed by atoms with Crippen molar-refractivity contribution in [2.45, 2.75) is 46.1 Å². The summed E-state index contributed by atoms with van der Waals surface area (Å²) < 4.78 is 0. The second-order valence-electron chi connectivity index (χ2n) is 5.28. The maximum absolute atomic E-state index is 10.6. The van der Waals surface area contributed by atoms with E-state index < -0.39 is 6.09 Å². The number of rotatable bonds is 1. The molecule has 0 unspecified atom stereocenters. The van der Waals surface area contributed by atoms with Gasteiger partial charge in [0, 0.05) is 5.54 Å². The van der Waals surface area contributed by atoms with Crippen LogP contribution in [-0.4, -0.2) is 16.7 Å². The van der Waals surface area contributed by atoms with Crippen molar-refractivity contribution in [3.63, 3.8) is 0 Å². The molecule has 3 heteroatoms. The molecule has 76 valence electrons. The van der Waals surface area contributed by atoms with Crippen LogP contribution in [0.4, 0.5) is 4.79 Å². The van der Waals surface area contributed by atoms with Gasteiger partial charge in [0.15, 0.2) is 0 Å². The maximum atomic E-state index is 10.6. The zero-order valence-corrected chi connectivity index (χ0v) is 8.85. The Morgan fingerprint density at radius 2 is 1.92 bits per heavy atom. The molecule has 1 rings (SSSR count). The zero-order chi connectivity index (χ0) is 10.3. The monoisotopic (exact) mass is 185 g/mol. The second-order valence-corrected chi connectivity index (χ2v) is 5.28. The van der Waals surface area contributed by atoms with Gasteiger partial charge in [-0.1, -0.05) is 27.7 Å². The van der Waals surface area contributed by atoms with E-state index in [1.54, 1.807) is 0 Å². The van der Waals surface area contributed by atoms with Crippen LogP contribution in [0.2, 0.25) is 0 Å². The molecule has 0 aromatic carbocycles. The standard InChI is InChI=1S/C10H19NO2/c1-7-5-10(6-7,9(2,3)4)11-8(12)13/h7,11H,5-6H2,1-4H3,(H,12,13). The van der Waals surface area contributed by atoms with E-state index in [2.05, 4.69) is 33.0 Å². The van der Waals surface area contributed by atoms with Gasteiger partial charge in [-0.3, -0.25) is 0 Å². The number of hydrogen-bond acceptors (Lipinski definition) is 1. The van der Waals surface area contributed by atoms with E-state index in [1.165, 1.54) is 0 Å². The van der Waals surface area contributed by atoms with Crippen LogP contribution in [-0.2, 0) is 0 Å². The summed E-state index contributed by atoms with van der Waals surface area (Å²) in [5.41, 5.74) is -0.184. The summed E-state index contributed by atoms with van der Waals surface area (Å²) in [7, 11) is 0. The normalized spacial score (nSPS) is 33.7. The second kappa shape index (κ2) is 2.89. The summed E-state index contributed by atoms with van der Waals surface area (Å²) in [4.78, 5) is 10.6. The fourth-order valence-electron chi connectivity index (χ4n) is 2.24. The fraction of sp³-hybridized carbons (Fsp3) is 0.900. The van der Waals surface area contributed by atoms with Gasteiger partial charge in [-0.2, -0.15) is 0 Å². The Bertz CT molecular complexity index is 211. The number of carbonyl (C=O) groups is 1. The van der Waals surface area contributed by atoms with Crippen LogP contribution in [0, 0.1) is 11.3 Å². The minimum atomic E-state index is -0.901. The molecule has 1 aliphatic carbocycles. The molecule has 0 aliphatic heterocycles. The number of carboxylic acid groups (broad SMARTS) is 1. The van der Waals surface area contributed by atoms with Crippen molar-refractivity contribution in [3.05, 3.63) is 0 Å². The Morgan fingerprint density at radius 3 is 2.15 bits per heavy atom. The topological polar surface area (TPSA) is 49.3 Å². The first-order chi connectivity index (χ1) is 5.77. The highest BCUT2D eigenvalue weighted by Crippen LogP contribution is 2.48. The van der Waals surface area contributed by atoms with Gasteiger partial charge in [0.05, 0.1) is 0 Å². The van der Waals surface area contributed by atoms with Crippen molar-refractivity contribution in [2.24, 2.45) is 11.3 Å². The first-order valence-corrected chi connectivity index (χ1v) is 4.78. The first kappa shape index (κ1) is 10.4. The molecule has 0 heterocycles. The average Bonchev–Trinajstić information content (AvgIpc) is 1.79. The van der Waals surface area contributed by atoms with Gasteiger partial charge in [0.1, 0.15) is 0 Å². The Kier molecular flexibility index (Phi) is 2.30. The Hall–Kier alpha value is -0.730. The summed E-state index contributed by atoms with van der Waals surface area (Å²) in [6.07, 6.45) is 1.02. The van der Waals surface area contributed by atoms with Gasteiger partial charge < -0.3 is 10.4 Å². The predicted molar refractivity (Wildman–Crippen MR) is 51.7 cm³/mol. The Morgan fingerprint density at radius 1 is 1.46 bits per heavy atom. The quantitative estimate of drug-likeness (QED) is 0.659. The largest absolute Gasteiger partial charge is 0.465 e. The SMILES string of the molecule is CC1CC(NC(=O)O)(C(C)(C)C)C1. The predicted octanol–water partition coefficient (Wildman–Crippen LogP) is 2.47. The molecule has 0 bridgehead atoms. The average molecular weight is 185 g/mol. The minimum Gasteiger partial charge on any atom is -0.465 e. The summed E-state index contributed by atoms with van der Waals surface area (Å²) in [5.74, 6) is 0.645. The lowest BCUT2D eigenvalue weighted by Gasteiger charge is -2.54. The molecule has 0 radical (unpaired) electrons. The molecule has 1 saturated carbocycles. The molecule has 3 nitrogen and oxygen atoms in total. The van der Waals surface area contributed by atoms with Crippen LogP contribution < -0.4 is 5.32 Å². The molecule has 0 atom stereocenters. The Labute approximate surface area is 79.5 Å². The van der Waals surface area contributed by atoms with Crippen molar-refractivity contribution < 1.29 is 9.90 Å². The van der Waals surface area contributed by atoms with Crippen LogP contribution in [0.15, 0.2) is 0 Å². The van der Waals surface area contributed by atoms with Gasteiger partial charge >= 0.3 is 6.09 Å². The van der Waals surface area contributed by atoms with E-state index >= 15 is 0 Å². The Balaban J connectivity index is 2.73. The van der Waals surface area contributed by atoms with Crippen molar-refractivity contribution in [3.8, 4) is 0 Å². The fourth-order valence-corrected chi connectivity index (χ4v) is 2.24. The van der Waals surface area contributed by atoms with E-state index in [-0.39, 0.29) is 11.0 Å². The minimum absolute atomic E-state index is 0.0118. The van der Waals surface area contributed by atoms with Crippen LogP contribution in [0.25, 0.3) is 0 Å². The summed E-state index contributed by atoms with van der Waals surface area (Å²) >= 11 is 0. The molecule has 0 aromatic heterocycles. The van der Waals surface area contributed by atoms with E-state index in [9.17, 15) is 4.79 Å². The number of nitrogens with one attached hydrogen (secondary N) is 1. The lowest BCUT2D eigenvalue weighted by atomic mass is 9.57. The van der Waals surface area contributed by atoms with Crippen molar-refractivity contribution in [1.82, 2.24) is 5.32 Å². The van der Waals surface area contributed by atoms with Crippen LogP contribution >= 0.6 is 0 Å². The van der Waals surface area contributed by atoms with Crippen LogP contribution in [0.1, 0.15) is 40.5 Å². The lowest BCUT2D eigenvalue weighted by molar-refractivity contribution is 0.0119. The lowest BCUT2D eigenvalue weighted by Crippen LogP contribution is -2.63. The molecular formula is C10H19NO2. The van der Waals surface area contributed by atoms with Gasteiger partial charge in [0.2, 0.25) is 0 Å². The molecule has 0 spiro atoms. The van der Waals surface area contributed by atoms with E-state index in [0.717, 1.165) is 12.8 Å². The third-order valence-electron chi connectivity index (χ3n) is 3.18. The summed E-state index contributed by atoms with van der Waals surface area (Å²) in [6, 6.07) is 0. The van der Waals surface area contributed by atoms with Gasteiger partial charge in [-0.25, -0.2) is 4.79 Å². The van der Waals surface area contributed by atoms with Crippen molar-refractivity contribution in [1.29, 1.82) is 0 Å². The molecule has 1 fully saturated rings. The van der Waals surface area contributed by atoms with Crippen molar-refractivity contribution >= 4 is 6.09 Å². The van der Waals surface area contributed by atoms with E-state index in [1.807, 2.05) is 0 Å². The van der Waals surface area contributed by atoms with Gasteiger partial charge in [0.25, 0.3) is 0 Å². The highest BCUT2D eigenvalue weighted by Gasteiger charge is 2.51. The summed E-state index contributed by atoms with van der Waals surface area (Å²) in [6.45, 7) is 8.44. The first-order valence-electron chi connectivity index (χ1n) is 4.78. The van der Waals surface area contributed by atoms with Gasteiger partial charge in [-0.15, -0.1) is 0 Å². The summed E-state index contributed by atoms with van der Waals surface area (Å²) in [5, 5.41) is 11.4. The zero-order valence-electron chi connectivity index (χ0n) is 8.85. The molecule has 13 heavy (non-hydrogen) atoms. The number of amides is 1. The molecule has 1 amide bonds. The van der Waals surface area contributed by atoms with Gasteiger partial charge in [-0.05, 0) is 24.2 Å². The van der Waals surface area contributed by atoms with E-state index in [0.29, 0.717) is 5.92 Å². The van der Waals surface area contributed by atoms with Crippen LogP contribution in [0.3, 0.4) is 0 Å². The molecule has 0 saturated heterocycles. The molecule has 2 N–H and O–H groups in total. The van der Waals surface area contributed by atoms with Crippen molar-refractivity contribution in [2.75, 3.05) is 0 Å². The molecule has 0 aromatic rings. The maximum Gasteiger partial charge on any atom is 0.405 e. The smallest absolute Gasteiger partial charge is 0.405 e.